The van der Waals surface area contributed by atoms with Crippen LogP contribution in [0.1, 0.15) is 15.9 Å². The molecule has 0 fully saturated rings. The first-order chi connectivity index (χ1) is 11.1. The number of carbonyl (C=O) groups excluding carboxylic acids is 1. The summed E-state index contributed by atoms with van der Waals surface area (Å²) in [6.45, 7) is 0.609. The molecule has 0 aliphatic rings. The van der Waals surface area contributed by atoms with Crippen LogP contribution in [-0.4, -0.2) is 15.5 Å². The second-order valence-corrected chi connectivity index (χ2v) is 5.05. The summed E-state index contributed by atoms with van der Waals surface area (Å²) in [7, 11) is 0. The first-order valence-corrected chi connectivity index (χ1v) is 6.92. The number of nitrogens with one attached hydrogen (secondary N) is 1. The molecule has 1 heterocycles. The van der Waals surface area contributed by atoms with Crippen LogP contribution in [0.4, 0.5) is 14.5 Å². The molecule has 0 radical (unpaired) electrons. The highest BCUT2D eigenvalue weighted by molar-refractivity contribution is 6.04. The Hall–Kier alpha value is -3.02. The van der Waals surface area contributed by atoms with Crippen LogP contribution in [0.15, 0.2) is 61.2 Å². The third-order valence-corrected chi connectivity index (χ3v) is 3.23. The van der Waals surface area contributed by atoms with Gasteiger partial charge in [0.15, 0.2) is 0 Å². The molecule has 0 aliphatic carbocycles. The first kappa shape index (κ1) is 14.9. The Morgan fingerprint density at radius 3 is 2.61 bits per heavy atom. The van der Waals surface area contributed by atoms with E-state index < -0.39 is 17.5 Å². The number of aromatic nitrogens is 2. The van der Waals surface area contributed by atoms with Crippen molar-refractivity contribution in [3.05, 3.63) is 83.9 Å². The van der Waals surface area contributed by atoms with Gasteiger partial charge >= 0.3 is 0 Å². The van der Waals surface area contributed by atoms with E-state index in [9.17, 15) is 13.6 Å². The van der Waals surface area contributed by atoms with Crippen LogP contribution in [0.5, 0.6) is 0 Å². The van der Waals surface area contributed by atoms with Crippen molar-refractivity contribution in [2.45, 2.75) is 6.54 Å². The van der Waals surface area contributed by atoms with Gasteiger partial charge in [-0.15, -0.1) is 0 Å². The Bertz CT molecular complexity index is 811. The maximum Gasteiger partial charge on any atom is 0.255 e. The van der Waals surface area contributed by atoms with Crippen LogP contribution in [0.25, 0.3) is 0 Å². The number of rotatable bonds is 4. The minimum Gasteiger partial charge on any atom is -0.333 e. The summed E-state index contributed by atoms with van der Waals surface area (Å²) in [5, 5.41) is 2.64. The van der Waals surface area contributed by atoms with Crippen molar-refractivity contribution in [2.24, 2.45) is 0 Å². The van der Waals surface area contributed by atoms with E-state index >= 15 is 0 Å². The van der Waals surface area contributed by atoms with E-state index in [4.69, 9.17) is 0 Å². The monoisotopic (exact) mass is 313 g/mol. The minimum atomic E-state index is -0.788. The lowest BCUT2D eigenvalue weighted by molar-refractivity contribution is 0.102. The van der Waals surface area contributed by atoms with Gasteiger partial charge in [0.1, 0.15) is 11.6 Å². The summed E-state index contributed by atoms with van der Waals surface area (Å²) in [5.74, 6) is -2.14. The molecule has 3 aromatic rings. The molecular weight excluding hydrogens is 300 g/mol. The Labute approximate surface area is 131 Å². The maximum absolute atomic E-state index is 13.2. The lowest BCUT2D eigenvalue weighted by Crippen LogP contribution is -2.12. The predicted molar refractivity (Wildman–Crippen MR) is 82.1 cm³/mol. The van der Waals surface area contributed by atoms with E-state index in [1.807, 2.05) is 16.8 Å². The summed E-state index contributed by atoms with van der Waals surface area (Å²) in [4.78, 5) is 16.1. The molecule has 0 unspecified atom stereocenters. The number of halogens is 2. The molecule has 1 amide bonds. The quantitative estimate of drug-likeness (QED) is 0.802. The Morgan fingerprint density at radius 1 is 1.13 bits per heavy atom. The van der Waals surface area contributed by atoms with Gasteiger partial charge in [0.05, 0.1) is 6.33 Å². The topological polar surface area (TPSA) is 46.9 Å². The summed E-state index contributed by atoms with van der Waals surface area (Å²) >= 11 is 0. The summed E-state index contributed by atoms with van der Waals surface area (Å²) < 4.78 is 28.2. The molecule has 0 atom stereocenters. The number of hydrogen-bond donors (Lipinski definition) is 1. The molecule has 1 N–H and O–H groups in total. The second kappa shape index (κ2) is 6.39. The van der Waals surface area contributed by atoms with Crippen molar-refractivity contribution < 1.29 is 13.6 Å². The smallest absolute Gasteiger partial charge is 0.255 e. The Balaban J connectivity index is 1.75. The van der Waals surface area contributed by atoms with Gasteiger partial charge in [0.2, 0.25) is 0 Å². The van der Waals surface area contributed by atoms with Crippen LogP contribution in [0, 0.1) is 11.6 Å². The van der Waals surface area contributed by atoms with Gasteiger partial charge < -0.3 is 9.88 Å². The standard InChI is InChI=1S/C17H13F2N3O/c18-14-7-13(8-15(19)9-14)17(23)21-16-3-1-2-12(6-16)10-22-5-4-20-11-22/h1-9,11H,10H2,(H,21,23). The largest absolute Gasteiger partial charge is 0.333 e. The molecule has 6 heteroatoms. The van der Waals surface area contributed by atoms with E-state index in [-0.39, 0.29) is 5.56 Å². The zero-order valence-corrected chi connectivity index (χ0v) is 12.0. The minimum absolute atomic E-state index is 0.0671. The fraction of sp³-hybridized carbons (Fsp3) is 0.0588. The molecule has 1 aromatic heterocycles. The lowest BCUT2D eigenvalue weighted by atomic mass is 10.1. The van der Waals surface area contributed by atoms with Crippen molar-refractivity contribution in [3.63, 3.8) is 0 Å². The van der Waals surface area contributed by atoms with Crippen LogP contribution in [0.3, 0.4) is 0 Å². The fourth-order valence-electron chi connectivity index (χ4n) is 2.23. The summed E-state index contributed by atoms with van der Waals surface area (Å²) in [6, 6.07) is 9.94. The Morgan fingerprint density at radius 2 is 1.91 bits per heavy atom. The number of anilines is 1. The molecule has 2 aromatic carbocycles. The van der Waals surface area contributed by atoms with Gasteiger partial charge in [0, 0.05) is 36.3 Å². The van der Waals surface area contributed by atoms with E-state index in [1.165, 1.54) is 0 Å². The fourth-order valence-corrected chi connectivity index (χ4v) is 2.23. The SMILES string of the molecule is O=C(Nc1cccc(Cn2ccnc2)c1)c1cc(F)cc(F)c1. The lowest BCUT2D eigenvalue weighted by Gasteiger charge is -2.08. The second-order valence-electron chi connectivity index (χ2n) is 5.05. The van der Waals surface area contributed by atoms with E-state index in [0.717, 1.165) is 23.8 Å². The van der Waals surface area contributed by atoms with Crippen LogP contribution in [0.2, 0.25) is 0 Å². The first-order valence-electron chi connectivity index (χ1n) is 6.92. The van der Waals surface area contributed by atoms with E-state index in [0.29, 0.717) is 12.2 Å². The highest BCUT2D eigenvalue weighted by Gasteiger charge is 2.10. The summed E-state index contributed by atoms with van der Waals surface area (Å²) in [6.07, 6.45) is 5.21. The van der Waals surface area contributed by atoms with Gasteiger partial charge in [-0.3, -0.25) is 4.79 Å². The van der Waals surface area contributed by atoms with Gasteiger partial charge in [-0.2, -0.15) is 0 Å². The molecule has 0 aliphatic heterocycles. The number of carbonyl (C=O) groups is 1. The molecular formula is C17H13F2N3O. The molecule has 0 bridgehead atoms. The van der Waals surface area contributed by atoms with Crippen molar-refractivity contribution in [1.82, 2.24) is 9.55 Å². The van der Waals surface area contributed by atoms with E-state index in [2.05, 4.69) is 10.3 Å². The van der Waals surface area contributed by atoms with Crippen molar-refractivity contribution in [1.29, 1.82) is 0 Å². The number of nitrogens with zero attached hydrogens (tertiary/aromatic N) is 2. The van der Waals surface area contributed by atoms with Crippen molar-refractivity contribution in [2.75, 3.05) is 5.32 Å². The molecule has 116 valence electrons. The third-order valence-electron chi connectivity index (χ3n) is 3.23. The number of benzene rings is 2. The molecule has 0 spiro atoms. The molecule has 3 rings (SSSR count). The third kappa shape index (κ3) is 3.79. The van der Waals surface area contributed by atoms with Gasteiger partial charge in [-0.25, -0.2) is 13.8 Å². The Kier molecular flexibility index (Phi) is 4.14. The van der Waals surface area contributed by atoms with Gasteiger partial charge in [0.25, 0.3) is 5.91 Å². The molecule has 0 saturated heterocycles. The van der Waals surface area contributed by atoms with Crippen LogP contribution in [-0.2, 0) is 6.54 Å². The predicted octanol–water partition coefficient (Wildman–Crippen LogP) is 3.46. The highest BCUT2D eigenvalue weighted by atomic mass is 19.1. The highest BCUT2D eigenvalue weighted by Crippen LogP contribution is 2.15. The van der Waals surface area contributed by atoms with Crippen LogP contribution < -0.4 is 5.32 Å². The molecule has 23 heavy (non-hydrogen) atoms. The normalized spacial score (nSPS) is 10.5. The molecule has 0 saturated carbocycles. The van der Waals surface area contributed by atoms with Gasteiger partial charge in [-0.05, 0) is 29.8 Å². The average Bonchev–Trinajstić information content (AvgIpc) is 2.99. The van der Waals surface area contributed by atoms with Crippen LogP contribution >= 0.6 is 0 Å². The van der Waals surface area contributed by atoms with Crippen molar-refractivity contribution >= 4 is 11.6 Å². The zero-order chi connectivity index (χ0) is 16.2. The number of imidazole rings is 1. The number of amides is 1. The van der Waals surface area contributed by atoms with E-state index in [1.54, 1.807) is 30.7 Å². The summed E-state index contributed by atoms with van der Waals surface area (Å²) in [5.41, 5.74) is 1.45. The average molecular weight is 313 g/mol. The van der Waals surface area contributed by atoms with Crippen molar-refractivity contribution in [3.8, 4) is 0 Å². The maximum atomic E-state index is 13.2. The zero-order valence-electron chi connectivity index (χ0n) is 12.0. The molecule has 4 nitrogen and oxygen atoms in total. The van der Waals surface area contributed by atoms with Gasteiger partial charge in [-0.1, -0.05) is 12.1 Å². The number of hydrogen-bond acceptors (Lipinski definition) is 2.